The van der Waals surface area contributed by atoms with Crippen LogP contribution in [-0.2, 0) is 10.0 Å². The van der Waals surface area contributed by atoms with Crippen molar-refractivity contribution >= 4 is 38.9 Å². The van der Waals surface area contributed by atoms with E-state index in [9.17, 15) is 13.2 Å². The Morgan fingerprint density at radius 3 is 2.33 bits per heavy atom. The molecule has 0 aliphatic carbocycles. The van der Waals surface area contributed by atoms with Crippen molar-refractivity contribution < 1.29 is 13.2 Å². The summed E-state index contributed by atoms with van der Waals surface area (Å²) < 4.78 is 27.7. The zero-order valence-corrected chi connectivity index (χ0v) is 16.0. The van der Waals surface area contributed by atoms with Gasteiger partial charge in [0.1, 0.15) is 0 Å². The molecule has 0 aromatic heterocycles. The maximum absolute atomic E-state index is 12.6. The number of carbonyl (C=O) groups is 1. The van der Waals surface area contributed by atoms with Crippen LogP contribution in [0, 0.1) is 6.92 Å². The van der Waals surface area contributed by atoms with Crippen LogP contribution >= 0.6 is 11.6 Å². The molecule has 138 valence electrons. The second-order valence-electron chi connectivity index (χ2n) is 5.93. The lowest BCUT2D eigenvalue weighted by molar-refractivity contribution is 0.102. The van der Waals surface area contributed by atoms with Gasteiger partial charge in [0.05, 0.1) is 15.6 Å². The first-order valence-corrected chi connectivity index (χ1v) is 9.97. The van der Waals surface area contributed by atoms with Gasteiger partial charge in [-0.1, -0.05) is 47.5 Å². The zero-order valence-electron chi connectivity index (χ0n) is 14.4. The van der Waals surface area contributed by atoms with Gasteiger partial charge in [0, 0.05) is 11.3 Å². The third-order valence-electron chi connectivity index (χ3n) is 3.83. The van der Waals surface area contributed by atoms with Gasteiger partial charge >= 0.3 is 0 Å². The van der Waals surface area contributed by atoms with E-state index in [1.54, 1.807) is 48.5 Å². The summed E-state index contributed by atoms with van der Waals surface area (Å²) in [5, 5.41) is 3.00. The average molecular weight is 401 g/mol. The molecular formula is C20H17ClN2O3S. The molecule has 0 unspecified atom stereocenters. The van der Waals surface area contributed by atoms with Crippen molar-refractivity contribution in [1.29, 1.82) is 0 Å². The maximum Gasteiger partial charge on any atom is 0.262 e. The third-order valence-corrected chi connectivity index (χ3v) is 5.53. The first-order chi connectivity index (χ1) is 12.8. The van der Waals surface area contributed by atoms with Crippen LogP contribution in [-0.4, -0.2) is 14.3 Å². The molecule has 0 fully saturated rings. The van der Waals surface area contributed by atoms with E-state index in [1.807, 2.05) is 19.1 Å². The lowest BCUT2D eigenvalue weighted by Crippen LogP contribution is -2.15. The molecule has 3 aromatic carbocycles. The summed E-state index contributed by atoms with van der Waals surface area (Å²) >= 11 is 6.01. The lowest BCUT2D eigenvalue weighted by atomic mass is 10.1. The Hall–Kier alpha value is -2.83. The number of carbonyl (C=O) groups excluding carboxylic acids is 1. The average Bonchev–Trinajstić information content (AvgIpc) is 2.64. The van der Waals surface area contributed by atoms with Gasteiger partial charge in [0.2, 0.25) is 0 Å². The van der Waals surface area contributed by atoms with Crippen LogP contribution in [0.2, 0.25) is 5.02 Å². The Bertz CT molecular complexity index is 1080. The second kappa shape index (κ2) is 7.82. The van der Waals surface area contributed by atoms with Crippen LogP contribution in [0.25, 0.3) is 0 Å². The first-order valence-electron chi connectivity index (χ1n) is 8.10. The Morgan fingerprint density at radius 2 is 1.63 bits per heavy atom. The summed E-state index contributed by atoms with van der Waals surface area (Å²) in [6.45, 7) is 1.93. The van der Waals surface area contributed by atoms with Crippen molar-refractivity contribution in [2.45, 2.75) is 11.8 Å². The maximum atomic E-state index is 12.6. The molecule has 0 saturated carbocycles. The van der Waals surface area contributed by atoms with Crippen molar-refractivity contribution in [2.75, 3.05) is 10.0 Å². The van der Waals surface area contributed by atoms with E-state index < -0.39 is 10.0 Å². The quantitative estimate of drug-likeness (QED) is 0.651. The van der Waals surface area contributed by atoms with Crippen LogP contribution in [0.1, 0.15) is 15.9 Å². The van der Waals surface area contributed by atoms with E-state index in [-0.39, 0.29) is 16.5 Å². The Balaban J connectivity index is 1.81. The van der Waals surface area contributed by atoms with Gasteiger partial charge in [-0.05, 0) is 49.4 Å². The minimum atomic E-state index is -3.85. The van der Waals surface area contributed by atoms with E-state index >= 15 is 0 Å². The van der Waals surface area contributed by atoms with Crippen LogP contribution in [0.4, 0.5) is 11.4 Å². The minimum absolute atomic E-state index is 0.0177. The van der Waals surface area contributed by atoms with E-state index in [2.05, 4.69) is 10.0 Å². The smallest absolute Gasteiger partial charge is 0.262 e. The highest BCUT2D eigenvalue weighted by atomic mass is 35.5. The van der Waals surface area contributed by atoms with Gasteiger partial charge in [-0.3, -0.25) is 9.52 Å². The largest absolute Gasteiger partial charge is 0.322 e. The number of benzene rings is 3. The fourth-order valence-electron chi connectivity index (χ4n) is 2.40. The highest BCUT2D eigenvalue weighted by Crippen LogP contribution is 2.25. The number of aryl methyl sites for hydroxylation is 1. The molecule has 0 spiro atoms. The number of rotatable bonds is 5. The van der Waals surface area contributed by atoms with Crippen LogP contribution < -0.4 is 10.0 Å². The van der Waals surface area contributed by atoms with E-state index in [4.69, 9.17) is 11.6 Å². The van der Waals surface area contributed by atoms with E-state index in [1.165, 1.54) is 12.1 Å². The summed E-state index contributed by atoms with van der Waals surface area (Å²) in [7, 11) is -3.85. The molecule has 0 atom stereocenters. The van der Waals surface area contributed by atoms with Crippen LogP contribution in [0.3, 0.4) is 0 Å². The number of hydrogen-bond donors (Lipinski definition) is 2. The van der Waals surface area contributed by atoms with Crippen LogP contribution in [0.5, 0.6) is 0 Å². The summed E-state index contributed by atoms with van der Waals surface area (Å²) in [5.74, 6) is -0.316. The third kappa shape index (κ3) is 4.67. The standard InChI is InChI=1S/C20H17ClN2O3S/c1-14-9-11-15(12-10-14)20(24)22-16-5-4-6-17(13-16)27(25,26)23-19-8-3-2-7-18(19)21/h2-13,23H,1H3,(H,22,24). The molecule has 5 nitrogen and oxygen atoms in total. The van der Waals surface area contributed by atoms with Gasteiger partial charge in [0.15, 0.2) is 0 Å². The van der Waals surface area contributed by atoms with Crippen molar-refractivity contribution in [1.82, 2.24) is 0 Å². The molecule has 0 saturated heterocycles. The molecule has 0 heterocycles. The van der Waals surface area contributed by atoms with Gasteiger partial charge in [-0.25, -0.2) is 8.42 Å². The normalized spacial score (nSPS) is 11.0. The molecule has 0 aliphatic heterocycles. The van der Waals surface area contributed by atoms with Gasteiger partial charge in [0.25, 0.3) is 15.9 Å². The number of para-hydroxylation sites is 1. The number of hydrogen-bond acceptors (Lipinski definition) is 3. The molecule has 0 radical (unpaired) electrons. The second-order valence-corrected chi connectivity index (χ2v) is 8.02. The molecule has 27 heavy (non-hydrogen) atoms. The Kier molecular flexibility index (Phi) is 5.48. The predicted molar refractivity (Wildman–Crippen MR) is 108 cm³/mol. The molecule has 3 aromatic rings. The predicted octanol–water partition coefficient (Wildman–Crippen LogP) is 4.70. The number of amides is 1. The number of sulfonamides is 1. The fraction of sp³-hybridized carbons (Fsp3) is 0.0500. The molecule has 0 aliphatic rings. The fourth-order valence-corrected chi connectivity index (χ4v) is 3.76. The topological polar surface area (TPSA) is 75.3 Å². The summed E-state index contributed by atoms with van der Waals surface area (Å²) in [5.41, 5.74) is 2.20. The highest BCUT2D eigenvalue weighted by molar-refractivity contribution is 7.92. The summed E-state index contributed by atoms with van der Waals surface area (Å²) in [6.07, 6.45) is 0. The molecule has 0 bridgehead atoms. The number of nitrogens with one attached hydrogen (secondary N) is 2. The number of halogens is 1. The SMILES string of the molecule is Cc1ccc(C(=O)Nc2cccc(S(=O)(=O)Nc3ccccc3Cl)c2)cc1. The first kappa shape index (κ1) is 18.9. The molecule has 7 heteroatoms. The Morgan fingerprint density at radius 1 is 0.926 bits per heavy atom. The molecule has 3 rings (SSSR count). The van der Waals surface area contributed by atoms with Crippen LogP contribution in [0.15, 0.2) is 77.7 Å². The molecule has 1 amide bonds. The minimum Gasteiger partial charge on any atom is -0.322 e. The number of anilines is 2. The summed E-state index contributed by atoms with van der Waals surface area (Å²) in [6, 6.07) is 19.7. The van der Waals surface area contributed by atoms with Gasteiger partial charge < -0.3 is 5.32 Å². The molecular weight excluding hydrogens is 384 g/mol. The van der Waals surface area contributed by atoms with Gasteiger partial charge in [-0.2, -0.15) is 0 Å². The Labute approximate surface area is 163 Å². The highest BCUT2D eigenvalue weighted by Gasteiger charge is 2.16. The van der Waals surface area contributed by atoms with E-state index in [0.717, 1.165) is 5.56 Å². The van der Waals surface area contributed by atoms with E-state index in [0.29, 0.717) is 16.3 Å². The van der Waals surface area contributed by atoms with Crippen molar-refractivity contribution in [3.05, 3.63) is 88.9 Å². The van der Waals surface area contributed by atoms with Crippen molar-refractivity contribution in [3.63, 3.8) is 0 Å². The monoisotopic (exact) mass is 400 g/mol. The zero-order chi connectivity index (χ0) is 19.4. The van der Waals surface area contributed by atoms with Gasteiger partial charge in [-0.15, -0.1) is 0 Å². The molecule has 2 N–H and O–H groups in total. The summed E-state index contributed by atoms with van der Waals surface area (Å²) in [4.78, 5) is 12.3. The van der Waals surface area contributed by atoms with Crippen molar-refractivity contribution in [2.24, 2.45) is 0 Å². The lowest BCUT2D eigenvalue weighted by Gasteiger charge is -2.11. The van der Waals surface area contributed by atoms with Crippen molar-refractivity contribution in [3.8, 4) is 0 Å².